The van der Waals surface area contributed by atoms with Gasteiger partial charge in [-0.25, -0.2) is 0 Å². The third kappa shape index (κ3) is 2.79. The van der Waals surface area contributed by atoms with E-state index >= 15 is 0 Å². The van der Waals surface area contributed by atoms with Crippen molar-refractivity contribution in [2.75, 3.05) is 0 Å². The summed E-state index contributed by atoms with van der Waals surface area (Å²) in [5.41, 5.74) is 0.829. The van der Waals surface area contributed by atoms with Crippen LogP contribution in [-0.4, -0.2) is 20.4 Å². The second-order valence-corrected chi connectivity index (χ2v) is 6.07. The van der Waals surface area contributed by atoms with Gasteiger partial charge in [-0.2, -0.15) is 0 Å². The molecule has 1 heterocycles. The normalized spacial score (nSPS) is 10.8. The first-order valence-corrected chi connectivity index (χ1v) is 7.44. The summed E-state index contributed by atoms with van der Waals surface area (Å²) >= 11 is 6.64. The molecule has 2 aromatic carbocycles. The van der Waals surface area contributed by atoms with E-state index in [4.69, 9.17) is 4.42 Å². The minimum atomic E-state index is 0.0341. The van der Waals surface area contributed by atoms with Gasteiger partial charge in [0.2, 0.25) is 0 Å². The van der Waals surface area contributed by atoms with Crippen molar-refractivity contribution >= 4 is 31.9 Å². The lowest BCUT2D eigenvalue weighted by Gasteiger charge is -2.01. The summed E-state index contributed by atoms with van der Waals surface area (Å²) in [5.74, 6) is 0.407. The van der Waals surface area contributed by atoms with Gasteiger partial charge in [0.15, 0.2) is 0 Å². The smallest absolute Gasteiger partial charge is 0.251 e. The van der Waals surface area contributed by atoms with E-state index in [-0.39, 0.29) is 23.3 Å². The van der Waals surface area contributed by atoms with Gasteiger partial charge in [0.1, 0.15) is 11.5 Å². The van der Waals surface area contributed by atoms with Crippen LogP contribution in [0.25, 0.3) is 22.9 Å². The zero-order chi connectivity index (χ0) is 15.0. The topological polar surface area (TPSA) is 79.4 Å². The van der Waals surface area contributed by atoms with Crippen molar-refractivity contribution in [3.63, 3.8) is 0 Å². The van der Waals surface area contributed by atoms with Crippen molar-refractivity contribution in [3.8, 4) is 34.4 Å². The molecule has 106 valence electrons. The summed E-state index contributed by atoms with van der Waals surface area (Å²) in [6.45, 7) is 0. The molecule has 0 unspecified atom stereocenters. The number of hydrogen-bond acceptors (Lipinski definition) is 5. The van der Waals surface area contributed by atoms with E-state index in [1.807, 2.05) is 0 Å². The lowest BCUT2D eigenvalue weighted by Crippen LogP contribution is -1.79. The van der Waals surface area contributed by atoms with E-state index < -0.39 is 0 Å². The van der Waals surface area contributed by atoms with Crippen molar-refractivity contribution in [1.82, 2.24) is 10.2 Å². The van der Waals surface area contributed by atoms with Gasteiger partial charge in [-0.15, -0.1) is 10.2 Å². The fraction of sp³-hybridized carbons (Fsp3) is 0. The number of benzene rings is 2. The van der Waals surface area contributed by atoms with Crippen LogP contribution in [0.4, 0.5) is 0 Å². The monoisotopic (exact) mass is 410 g/mol. The van der Waals surface area contributed by atoms with Crippen LogP contribution in [0.2, 0.25) is 0 Å². The zero-order valence-corrected chi connectivity index (χ0v) is 13.6. The van der Waals surface area contributed by atoms with Gasteiger partial charge < -0.3 is 14.6 Å². The number of nitrogens with zero attached hydrogens (tertiary/aromatic N) is 2. The van der Waals surface area contributed by atoms with E-state index in [2.05, 4.69) is 42.1 Å². The largest absolute Gasteiger partial charge is 0.507 e. The third-order valence-corrected chi connectivity index (χ3v) is 3.79. The summed E-state index contributed by atoms with van der Waals surface area (Å²) in [6.07, 6.45) is 0. The molecule has 1 aromatic heterocycles. The number of aromatic hydroxyl groups is 2. The molecule has 0 spiro atoms. The molecule has 0 radical (unpaired) electrons. The highest BCUT2D eigenvalue weighted by Gasteiger charge is 2.16. The van der Waals surface area contributed by atoms with E-state index in [1.165, 1.54) is 12.1 Å². The second-order valence-electron chi connectivity index (χ2n) is 4.24. The Morgan fingerprint density at radius 3 is 1.62 bits per heavy atom. The van der Waals surface area contributed by atoms with Crippen LogP contribution in [0.1, 0.15) is 0 Å². The van der Waals surface area contributed by atoms with Crippen LogP contribution >= 0.6 is 31.9 Å². The molecule has 3 rings (SSSR count). The number of halogens is 2. The average molecular weight is 412 g/mol. The van der Waals surface area contributed by atoms with Crippen LogP contribution < -0.4 is 0 Å². The molecule has 3 aromatic rings. The van der Waals surface area contributed by atoms with E-state index in [9.17, 15) is 10.2 Å². The summed E-state index contributed by atoms with van der Waals surface area (Å²) in [5, 5.41) is 27.5. The van der Waals surface area contributed by atoms with Gasteiger partial charge in [-0.1, -0.05) is 31.9 Å². The Morgan fingerprint density at radius 2 is 1.19 bits per heavy atom. The SMILES string of the molecule is Oc1ccc(Br)cc1-c1nnc(-c2cc(Br)ccc2O)o1. The molecule has 0 amide bonds. The maximum Gasteiger partial charge on any atom is 0.251 e. The molecule has 0 aliphatic rings. The Balaban J connectivity index is 2.08. The van der Waals surface area contributed by atoms with Crippen LogP contribution in [0.3, 0.4) is 0 Å². The molecule has 0 aliphatic carbocycles. The predicted octanol–water partition coefficient (Wildman–Crippen LogP) is 4.34. The molecular formula is C14H8Br2N2O3. The fourth-order valence-electron chi connectivity index (χ4n) is 1.80. The number of phenolic OH excluding ortho intramolecular Hbond substituents is 2. The molecule has 0 aliphatic heterocycles. The molecule has 2 N–H and O–H groups in total. The first-order valence-electron chi connectivity index (χ1n) is 5.86. The Morgan fingerprint density at radius 1 is 0.762 bits per heavy atom. The van der Waals surface area contributed by atoms with Gasteiger partial charge >= 0.3 is 0 Å². The van der Waals surface area contributed by atoms with Crippen LogP contribution in [0.15, 0.2) is 49.8 Å². The summed E-state index contributed by atoms with van der Waals surface area (Å²) in [4.78, 5) is 0. The van der Waals surface area contributed by atoms with Crippen molar-refractivity contribution in [3.05, 3.63) is 45.3 Å². The van der Waals surface area contributed by atoms with E-state index in [1.54, 1.807) is 24.3 Å². The highest BCUT2D eigenvalue weighted by Crippen LogP contribution is 2.35. The molecular weight excluding hydrogens is 404 g/mol. The molecule has 0 fully saturated rings. The predicted molar refractivity (Wildman–Crippen MR) is 83.9 cm³/mol. The molecule has 7 heteroatoms. The minimum Gasteiger partial charge on any atom is -0.507 e. The molecule has 0 saturated heterocycles. The quantitative estimate of drug-likeness (QED) is 0.655. The van der Waals surface area contributed by atoms with Gasteiger partial charge in [-0.05, 0) is 36.4 Å². The van der Waals surface area contributed by atoms with Crippen LogP contribution in [-0.2, 0) is 0 Å². The first kappa shape index (κ1) is 14.1. The molecule has 0 bridgehead atoms. The fourth-order valence-corrected chi connectivity index (χ4v) is 2.52. The summed E-state index contributed by atoms with van der Waals surface area (Å²) in [6, 6.07) is 9.81. The van der Waals surface area contributed by atoms with Crippen molar-refractivity contribution in [2.24, 2.45) is 0 Å². The van der Waals surface area contributed by atoms with Gasteiger partial charge in [0.05, 0.1) is 11.1 Å². The molecule has 5 nitrogen and oxygen atoms in total. The number of aromatic nitrogens is 2. The first-order chi connectivity index (χ1) is 10.0. The highest BCUT2D eigenvalue weighted by molar-refractivity contribution is 9.10. The second kappa shape index (κ2) is 5.50. The zero-order valence-electron chi connectivity index (χ0n) is 10.4. The summed E-state index contributed by atoms with van der Waals surface area (Å²) in [7, 11) is 0. The third-order valence-electron chi connectivity index (χ3n) is 2.80. The number of hydrogen-bond donors (Lipinski definition) is 2. The lowest BCUT2D eigenvalue weighted by molar-refractivity contribution is 0.470. The maximum atomic E-state index is 9.86. The molecule has 21 heavy (non-hydrogen) atoms. The van der Waals surface area contributed by atoms with Crippen molar-refractivity contribution in [2.45, 2.75) is 0 Å². The number of rotatable bonds is 2. The van der Waals surface area contributed by atoms with E-state index in [0.717, 1.165) is 8.95 Å². The average Bonchev–Trinajstić information content (AvgIpc) is 2.93. The van der Waals surface area contributed by atoms with Crippen LogP contribution in [0.5, 0.6) is 11.5 Å². The molecule has 0 saturated carbocycles. The lowest BCUT2D eigenvalue weighted by atomic mass is 10.2. The Hall–Kier alpha value is -1.86. The Kier molecular flexibility index (Phi) is 3.69. The van der Waals surface area contributed by atoms with Gasteiger partial charge in [0, 0.05) is 8.95 Å². The van der Waals surface area contributed by atoms with Crippen molar-refractivity contribution in [1.29, 1.82) is 0 Å². The van der Waals surface area contributed by atoms with Crippen LogP contribution in [0, 0.1) is 0 Å². The summed E-state index contributed by atoms with van der Waals surface area (Å²) < 4.78 is 7.10. The van der Waals surface area contributed by atoms with Gasteiger partial charge in [-0.3, -0.25) is 0 Å². The number of phenols is 2. The standard InChI is InChI=1S/C14H8Br2N2O3/c15-7-1-3-11(19)9(5-7)13-17-18-14(21-13)10-6-8(16)2-4-12(10)20/h1-6,19-20H. The van der Waals surface area contributed by atoms with Gasteiger partial charge in [0.25, 0.3) is 11.8 Å². The Bertz CT molecular complexity index is 752. The van der Waals surface area contributed by atoms with E-state index in [0.29, 0.717) is 11.1 Å². The highest BCUT2D eigenvalue weighted by atomic mass is 79.9. The molecule has 0 atom stereocenters. The Labute approximate surface area is 136 Å². The maximum absolute atomic E-state index is 9.86. The minimum absolute atomic E-state index is 0.0341. The van der Waals surface area contributed by atoms with Crippen molar-refractivity contribution < 1.29 is 14.6 Å².